The van der Waals surface area contributed by atoms with Crippen molar-refractivity contribution in [3.8, 4) is 11.6 Å². The molecule has 0 aliphatic rings. The first-order valence-electron chi connectivity index (χ1n) is 5.36. The van der Waals surface area contributed by atoms with E-state index >= 15 is 0 Å². The van der Waals surface area contributed by atoms with Crippen LogP contribution in [-0.2, 0) is 4.74 Å². The van der Waals surface area contributed by atoms with E-state index < -0.39 is 0 Å². The Kier molecular flexibility index (Phi) is 4.18. The minimum Gasteiger partial charge on any atom is -0.379 e. The van der Waals surface area contributed by atoms with Gasteiger partial charge in [-0.15, -0.1) is 11.3 Å². The summed E-state index contributed by atoms with van der Waals surface area (Å²) in [6, 6.07) is -0.363. The van der Waals surface area contributed by atoms with E-state index in [1.165, 1.54) is 11.3 Å². The van der Waals surface area contributed by atoms with E-state index in [9.17, 15) is 0 Å². The summed E-state index contributed by atoms with van der Waals surface area (Å²) in [4.78, 5) is 8.28. The molecule has 0 radical (unpaired) electrons. The average molecular weight is 254 g/mol. The standard InChI is InChI=1S/C10H14N4O2S/c1-2-3-15-4-7(11)9-13-10(16-14-9)8-5-17-6-12-8/h5-7H,2-4,11H2,1H3. The summed E-state index contributed by atoms with van der Waals surface area (Å²) in [7, 11) is 0. The van der Waals surface area contributed by atoms with Crippen LogP contribution >= 0.6 is 11.3 Å². The molecule has 0 spiro atoms. The van der Waals surface area contributed by atoms with Crippen LogP contribution < -0.4 is 5.73 Å². The van der Waals surface area contributed by atoms with Gasteiger partial charge in [-0.25, -0.2) is 4.98 Å². The first-order valence-corrected chi connectivity index (χ1v) is 6.31. The minimum atomic E-state index is -0.363. The first-order chi connectivity index (χ1) is 8.31. The van der Waals surface area contributed by atoms with E-state index in [0.717, 1.165) is 6.42 Å². The minimum absolute atomic E-state index is 0.363. The summed E-state index contributed by atoms with van der Waals surface area (Å²) in [6.07, 6.45) is 0.961. The van der Waals surface area contributed by atoms with Crippen LogP contribution in [0, 0.1) is 0 Å². The van der Waals surface area contributed by atoms with Crippen molar-refractivity contribution >= 4 is 11.3 Å². The van der Waals surface area contributed by atoms with E-state index in [0.29, 0.717) is 30.6 Å². The topological polar surface area (TPSA) is 87.1 Å². The van der Waals surface area contributed by atoms with E-state index in [2.05, 4.69) is 15.1 Å². The molecule has 2 aromatic rings. The molecule has 7 heteroatoms. The summed E-state index contributed by atoms with van der Waals surface area (Å²) in [5.74, 6) is 0.844. The van der Waals surface area contributed by atoms with Gasteiger partial charge in [0.1, 0.15) is 5.69 Å². The average Bonchev–Trinajstić information content (AvgIpc) is 3.00. The van der Waals surface area contributed by atoms with Crippen LogP contribution in [0.4, 0.5) is 0 Å². The number of nitrogens with zero attached hydrogens (tertiary/aromatic N) is 3. The quantitative estimate of drug-likeness (QED) is 0.788. The first kappa shape index (κ1) is 12.2. The molecule has 0 fully saturated rings. The highest BCUT2D eigenvalue weighted by Crippen LogP contribution is 2.18. The van der Waals surface area contributed by atoms with Crippen molar-refractivity contribution in [2.24, 2.45) is 5.73 Å². The summed E-state index contributed by atoms with van der Waals surface area (Å²) in [5.41, 5.74) is 8.26. The van der Waals surface area contributed by atoms with Crippen molar-refractivity contribution in [2.45, 2.75) is 19.4 Å². The van der Waals surface area contributed by atoms with Crippen molar-refractivity contribution in [3.63, 3.8) is 0 Å². The number of aromatic nitrogens is 3. The lowest BCUT2D eigenvalue weighted by atomic mass is 10.3. The van der Waals surface area contributed by atoms with Gasteiger partial charge in [0.2, 0.25) is 0 Å². The SMILES string of the molecule is CCCOCC(N)c1noc(-c2cscn2)n1. The van der Waals surface area contributed by atoms with Gasteiger partial charge in [-0.1, -0.05) is 12.1 Å². The van der Waals surface area contributed by atoms with Crippen LogP contribution in [0.15, 0.2) is 15.4 Å². The lowest BCUT2D eigenvalue weighted by Gasteiger charge is -2.06. The molecule has 2 heterocycles. The summed E-state index contributed by atoms with van der Waals surface area (Å²) < 4.78 is 10.4. The fourth-order valence-electron chi connectivity index (χ4n) is 1.24. The Balaban J connectivity index is 1.98. The summed E-state index contributed by atoms with van der Waals surface area (Å²) >= 11 is 1.47. The zero-order valence-corrected chi connectivity index (χ0v) is 10.3. The normalized spacial score (nSPS) is 12.8. The molecular weight excluding hydrogens is 240 g/mol. The number of ether oxygens (including phenoxy) is 1. The molecule has 2 N–H and O–H groups in total. The van der Waals surface area contributed by atoms with Gasteiger partial charge in [0.25, 0.3) is 5.89 Å². The van der Waals surface area contributed by atoms with Gasteiger partial charge >= 0.3 is 0 Å². The van der Waals surface area contributed by atoms with Crippen LogP contribution in [0.2, 0.25) is 0 Å². The second-order valence-corrected chi connectivity index (χ2v) is 4.23. The smallest absolute Gasteiger partial charge is 0.277 e. The van der Waals surface area contributed by atoms with Crippen molar-refractivity contribution in [3.05, 3.63) is 16.7 Å². The van der Waals surface area contributed by atoms with Gasteiger partial charge in [0.15, 0.2) is 5.82 Å². The number of thiazole rings is 1. The van der Waals surface area contributed by atoms with Crippen LogP contribution in [-0.4, -0.2) is 28.3 Å². The highest BCUT2D eigenvalue weighted by atomic mass is 32.1. The Hall–Kier alpha value is -1.31. The Morgan fingerprint density at radius 3 is 3.18 bits per heavy atom. The van der Waals surface area contributed by atoms with Crippen molar-refractivity contribution in [2.75, 3.05) is 13.2 Å². The Labute approximate surface area is 103 Å². The monoisotopic (exact) mass is 254 g/mol. The molecule has 0 aliphatic heterocycles. The van der Waals surface area contributed by atoms with Gasteiger partial charge in [-0.3, -0.25) is 0 Å². The summed E-state index contributed by atoms with van der Waals surface area (Å²) in [5, 5.41) is 5.67. The van der Waals surface area contributed by atoms with Gasteiger partial charge in [-0.05, 0) is 6.42 Å². The van der Waals surface area contributed by atoms with Gasteiger partial charge in [0, 0.05) is 12.0 Å². The maximum absolute atomic E-state index is 5.87. The number of rotatable bonds is 6. The van der Waals surface area contributed by atoms with E-state index in [4.69, 9.17) is 15.0 Å². The number of nitrogens with two attached hydrogens (primary N) is 1. The fraction of sp³-hybridized carbons (Fsp3) is 0.500. The molecule has 0 aromatic carbocycles. The number of hydrogen-bond acceptors (Lipinski definition) is 7. The molecule has 0 amide bonds. The third-order valence-electron chi connectivity index (χ3n) is 2.07. The maximum Gasteiger partial charge on any atom is 0.277 e. The summed E-state index contributed by atoms with van der Waals surface area (Å²) in [6.45, 7) is 3.12. The molecule has 0 saturated heterocycles. The predicted octanol–water partition coefficient (Wildman–Crippen LogP) is 1.62. The largest absolute Gasteiger partial charge is 0.379 e. The molecule has 2 aromatic heterocycles. The zero-order valence-electron chi connectivity index (χ0n) is 9.50. The van der Waals surface area contributed by atoms with Gasteiger partial charge in [-0.2, -0.15) is 4.98 Å². The predicted molar refractivity (Wildman–Crippen MR) is 63.4 cm³/mol. The van der Waals surface area contributed by atoms with E-state index in [1.54, 1.807) is 5.51 Å². The van der Waals surface area contributed by atoms with Crippen LogP contribution in [0.1, 0.15) is 25.2 Å². The van der Waals surface area contributed by atoms with Gasteiger partial charge in [0.05, 0.1) is 18.2 Å². The molecule has 17 heavy (non-hydrogen) atoms. The molecule has 0 bridgehead atoms. The molecule has 2 rings (SSSR count). The number of hydrogen-bond donors (Lipinski definition) is 1. The van der Waals surface area contributed by atoms with Crippen LogP contribution in [0.25, 0.3) is 11.6 Å². The Morgan fingerprint density at radius 2 is 2.47 bits per heavy atom. The molecule has 6 nitrogen and oxygen atoms in total. The third kappa shape index (κ3) is 3.09. The van der Waals surface area contributed by atoms with Crippen molar-refractivity contribution in [1.29, 1.82) is 0 Å². The van der Waals surface area contributed by atoms with Crippen LogP contribution in [0.5, 0.6) is 0 Å². The molecular formula is C10H14N4O2S. The second-order valence-electron chi connectivity index (χ2n) is 3.51. The van der Waals surface area contributed by atoms with Crippen LogP contribution in [0.3, 0.4) is 0 Å². The van der Waals surface area contributed by atoms with E-state index in [-0.39, 0.29) is 6.04 Å². The lowest BCUT2D eigenvalue weighted by Crippen LogP contribution is -2.18. The Morgan fingerprint density at radius 1 is 1.59 bits per heavy atom. The lowest BCUT2D eigenvalue weighted by molar-refractivity contribution is 0.119. The third-order valence-corrected chi connectivity index (χ3v) is 2.66. The Bertz CT molecular complexity index is 443. The highest BCUT2D eigenvalue weighted by molar-refractivity contribution is 7.07. The molecule has 0 aliphatic carbocycles. The molecule has 1 unspecified atom stereocenters. The maximum atomic E-state index is 5.87. The zero-order chi connectivity index (χ0) is 12.1. The highest BCUT2D eigenvalue weighted by Gasteiger charge is 2.16. The second kappa shape index (κ2) is 5.85. The molecule has 1 atom stereocenters. The van der Waals surface area contributed by atoms with Gasteiger partial charge < -0.3 is 15.0 Å². The fourth-order valence-corrected chi connectivity index (χ4v) is 1.76. The van der Waals surface area contributed by atoms with Crippen molar-refractivity contribution in [1.82, 2.24) is 15.1 Å². The molecule has 0 saturated carbocycles. The molecule has 92 valence electrons. The van der Waals surface area contributed by atoms with E-state index in [1.807, 2.05) is 12.3 Å². The van der Waals surface area contributed by atoms with Crippen molar-refractivity contribution < 1.29 is 9.26 Å².